The Bertz CT molecular complexity index is 399. The van der Waals surface area contributed by atoms with Crippen molar-refractivity contribution in [3.63, 3.8) is 0 Å². The predicted molar refractivity (Wildman–Crippen MR) is 68.9 cm³/mol. The molecule has 1 aromatic rings. The number of benzene rings is 1. The third kappa shape index (κ3) is 3.28. The van der Waals surface area contributed by atoms with E-state index in [0.29, 0.717) is 19.6 Å². The first kappa shape index (κ1) is 13.0. The van der Waals surface area contributed by atoms with Crippen LogP contribution in [0.2, 0.25) is 0 Å². The fourth-order valence-electron chi connectivity index (χ4n) is 2.29. The Hall–Kier alpha value is -1.45. The molecular weight excluding hydrogens is 228 g/mol. The maximum absolute atomic E-state index is 10.6. The number of aliphatic hydroxyl groups excluding tert-OH is 1. The Morgan fingerprint density at radius 1 is 1.22 bits per heavy atom. The van der Waals surface area contributed by atoms with Gasteiger partial charge in [-0.25, -0.2) is 0 Å². The van der Waals surface area contributed by atoms with Crippen LogP contribution in [-0.4, -0.2) is 24.1 Å². The van der Waals surface area contributed by atoms with Gasteiger partial charge >= 0.3 is 0 Å². The lowest BCUT2D eigenvalue weighted by molar-refractivity contribution is -0.109. The minimum Gasteiger partial charge on any atom is -0.389 e. The van der Waals surface area contributed by atoms with Gasteiger partial charge in [0.2, 0.25) is 0 Å². The quantitative estimate of drug-likeness (QED) is 0.616. The second kappa shape index (κ2) is 6.47. The molecule has 0 saturated heterocycles. The molecule has 1 aromatic carbocycles. The first-order valence-corrected chi connectivity index (χ1v) is 6.23. The Labute approximate surface area is 107 Å². The number of hydrogen-bond acceptors (Lipinski definition) is 3. The van der Waals surface area contributed by atoms with Crippen LogP contribution in [0.5, 0.6) is 0 Å². The summed E-state index contributed by atoms with van der Waals surface area (Å²) in [6.07, 6.45) is 4.44. The van der Waals surface area contributed by atoms with Crippen LogP contribution in [0.3, 0.4) is 0 Å². The lowest BCUT2D eigenvalue weighted by atomic mass is 9.92. The van der Waals surface area contributed by atoms with Crippen LogP contribution in [0.1, 0.15) is 12.0 Å². The fourth-order valence-corrected chi connectivity index (χ4v) is 2.29. The van der Waals surface area contributed by atoms with Crippen LogP contribution < -0.4 is 0 Å². The average Bonchev–Trinajstić information content (AvgIpc) is 2.73. The summed E-state index contributed by atoms with van der Waals surface area (Å²) in [5, 5.41) is 9.71. The Morgan fingerprint density at radius 2 is 2.00 bits per heavy atom. The molecule has 3 atom stereocenters. The molecule has 0 heterocycles. The zero-order chi connectivity index (χ0) is 12.8. The average molecular weight is 246 g/mol. The van der Waals surface area contributed by atoms with Gasteiger partial charge in [0.05, 0.1) is 19.3 Å². The van der Waals surface area contributed by atoms with E-state index in [0.717, 1.165) is 11.8 Å². The third-order valence-corrected chi connectivity index (χ3v) is 3.33. The van der Waals surface area contributed by atoms with E-state index in [9.17, 15) is 9.90 Å². The summed E-state index contributed by atoms with van der Waals surface area (Å²) in [6, 6.07) is 9.96. The Balaban J connectivity index is 1.79. The molecule has 3 heteroatoms. The molecule has 0 spiro atoms. The van der Waals surface area contributed by atoms with Crippen molar-refractivity contribution in [2.24, 2.45) is 11.8 Å². The topological polar surface area (TPSA) is 46.5 Å². The first-order valence-electron chi connectivity index (χ1n) is 6.23. The summed E-state index contributed by atoms with van der Waals surface area (Å²) in [5.41, 5.74) is 1.13. The molecule has 1 aliphatic rings. The lowest BCUT2D eigenvalue weighted by Crippen LogP contribution is -2.23. The third-order valence-electron chi connectivity index (χ3n) is 3.33. The number of carbonyl (C=O) groups excluding carboxylic acids is 1. The van der Waals surface area contributed by atoms with E-state index in [1.807, 2.05) is 36.4 Å². The number of rotatable bonds is 6. The zero-order valence-corrected chi connectivity index (χ0v) is 10.2. The van der Waals surface area contributed by atoms with E-state index in [-0.39, 0.29) is 11.8 Å². The van der Waals surface area contributed by atoms with Crippen molar-refractivity contribution in [2.75, 3.05) is 6.61 Å². The summed E-state index contributed by atoms with van der Waals surface area (Å²) in [7, 11) is 0. The van der Waals surface area contributed by atoms with Crippen LogP contribution >= 0.6 is 0 Å². The number of aliphatic hydroxyl groups is 1. The number of ether oxygens (including phenoxy) is 1. The molecule has 3 nitrogen and oxygen atoms in total. The van der Waals surface area contributed by atoms with Crippen LogP contribution in [0, 0.1) is 11.8 Å². The van der Waals surface area contributed by atoms with Gasteiger partial charge in [0.15, 0.2) is 0 Å². The van der Waals surface area contributed by atoms with E-state index in [1.165, 1.54) is 0 Å². The van der Waals surface area contributed by atoms with Gasteiger partial charge in [-0.1, -0.05) is 42.5 Å². The van der Waals surface area contributed by atoms with Gasteiger partial charge in [-0.2, -0.15) is 0 Å². The molecule has 0 amide bonds. The minimum absolute atomic E-state index is 0.0294. The van der Waals surface area contributed by atoms with Gasteiger partial charge in [0.1, 0.15) is 6.29 Å². The maximum atomic E-state index is 10.6. The van der Waals surface area contributed by atoms with Crippen molar-refractivity contribution in [3.8, 4) is 0 Å². The van der Waals surface area contributed by atoms with Crippen LogP contribution in [0.15, 0.2) is 42.5 Å². The second-order valence-corrected chi connectivity index (χ2v) is 4.61. The molecule has 0 unspecified atom stereocenters. The van der Waals surface area contributed by atoms with Crippen molar-refractivity contribution < 1.29 is 14.6 Å². The standard InChI is InChI=1S/C15H18O3/c16-9-8-14-13(6-7-15(14)17)11-18-10-12-4-2-1-3-5-12/h1-7,9,13-15,17H,8,10-11H2/t13-,14-,15+/m0/s1. The van der Waals surface area contributed by atoms with Crippen molar-refractivity contribution in [3.05, 3.63) is 48.0 Å². The van der Waals surface area contributed by atoms with Crippen LogP contribution in [0.25, 0.3) is 0 Å². The van der Waals surface area contributed by atoms with Crippen molar-refractivity contribution in [1.82, 2.24) is 0 Å². The van der Waals surface area contributed by atoms with Crippen molar-refractivity contribution in [1.29, 1.82) is 0 Å². The molecule has 96 valence electrons. The van der Waals surface area contributed by atoms with Gasteiger partial charge in [0, 0.05) is 18.3 Å². The summed E-state index contributed by atoms with van der Waals surface area (Å²) in [6.45, 7) is 1.11. The van der Waals surface area contributed by atoms with E-state index >= 15 is 0 Å². The molecule has 18 heavy (non-hydrogen) atoms. The normalized spacial score (nSPS) is 26.4. The highest BCUT2D eigenvalue weighted by Crippen LogP contribution is 2.28. The summed E-state index contributed by atoms with van der Waals surface area (Å²) in [5.74, 6) is 0.104. The molecule has 0 saturated carbocycles. The van der Waals surface area contributed by atoms with E-state index < -0.39 is 6.10 Å². The zero-order valence-electron chi connectivity index (χ0n) is 10.2. The van der Waals surface area contributed by atoms with E-state index in [4.69, 9.17) is 4.74 Å². The number of hydrogen-bond donors (Lipinski definition) is 1. The van der Waals surface area contributed by atoms with Gasteiger partial charge in [0.25, 0.3) is 0 Å². The van der Waals surface area contributed by atoms with Crippen LogP contribution in [-0.2, 0) is 16.1 Å². The van der Waals surface area contributed by atoms with E-state index in [1.54, 1.807) is 6.08 Å². The Morgan fingerprint density at radius 3 is 2.72 bits per heavy atom. The summed E-state index contributed by atoms with van der Waals surface area (Å²) in [4.78, 5) is 10.6. The lowest BCUT2D eigenvalue weighted by Gasteiger charge is -2.20. The minimum atomic E-state index is -0.513. The molecule has 0 aromatic heterocycles. The number of carbonyl (C=O) groups is 1. The maximum Gasteiger partial charge on any atom is 0.120 e. The van der Waals surface area contributed by atoms with Gasteiger partial charge < -0.3 is 14.6 Å². The van der Waals surface area contributed by atoms with Gasteiger partial charge in [-0.15, -0.1) is 0 Å². The first-order chi connectivity index (χ1) is 8.81. The summed E-state index contributed by atoms with van der Waals surface area (Å²) >= 11 is 0. The van der Waals surface area contributed by atoms with Gasteiger partial charge in [-0.3, -0.25) is 0 Å². The highest BCUT2D eigenvalue weighted by atomic mass is 16.5. The SMILES string of the molecule is O=CC[C@@H]1[C@H](O)C=C[C@H]1COCc1ccccc1. The molecule has 0 bridgehead atoms. The molecule has 0 radical (unpaired) electrons. The molecule has 2 rings (SSSR count). The van der Waals surface area contributed by atoms with Crippen molar-refractivity contribution >= 4 is 6.29 Å². The second-order valence-electron chi connectivity index (χ2n) is 4.61. The van der Waals surface area contributed by atoms with Crippen LogP contribution in [0.4, 0.5) is 0 Å². The van der Waals surface area contributed by atoms with Gasteiger partial charge in [-0.05, 0) is 5.56 Å². The fraction of sp³-hybridized carbons (Fsp3) is 0.400. The molecular formula is C15H18O3. The monoisotopic (exact) mass is 246 g/mol. The number of aldehydes is 1. The Kier molecular flexibility index (Phi) is 4.67. The smallest absolute Gasteiger partial charge is 0.120 e. The summed E-state index contributed by atoms with van der Waals surface area (Å²) < 4.78 is 5.65. The molecule has 1 aliphatic carbocycles. The predicted octanol–water partition coefficient (Wildman–Crippen LogP) is 1.96. The van der Waals surface area contributed by atoms with Crippen molar-refractivity contribution in [2.45, 2.75) is 19.1 Å². The largest absolute Gasteiger partial charge is 0.389 e. The molecule has 1 N–H and O–H groups in total. The highest BCUT2D eigenvalue weighted by Gasteiger charge is 2.29. The molecule has 0 fully saturated rings. The highest BCUT2D eigenvalue weighted by molar-refractivity contribution is 5.50. The molecule has 0 aliphatic heterocycles. The van der Waals surface area contributed by atoms with E-state index in [2.05, 4.69) is 0 Å².